The van der Waals surface area contributed by atoms with E-state index in [1.165, 1.54) is 30.6 Å². The molecule has 2 heterocycles. The summed E-state index contributed by atoms with van der Waals surface area (Å²) in [6.45, 7) is 5.62. The van der Waals surface area contributed by atoms with Crippen molar-refractivity contribution >= 4 is 17.2 Å². The SMILES string of the molecule is CCCCOc1ccccc1C(=O)NC[C@@H](c1cccs1)N1CCCCCC1. The average molecular weight is 401 g/mol. The Hall–Kier alpha value is -1.85. The van der Waals surface area contributed by atoms with Gasteiger partial charge in [0, 0.05) is 11.4 Å². The highest BCUT2D eigenvalue weighted by atomic mass is 32.1. The predicted octanol–water partition coefficient (Wildman–Crippen LogP) is 5.27. The fourth-order valence-electron chi connectivity index (χ4n) is 3.69. The fourth-order valence-corrected chi connectivity index (χ4v) is 4.55. The molecule has 4 nitrogen and oxygen atoms in total. The molecule has 0 aliphatic carbocycles. The van der Waals surface area contributed by atoms with Crippen LogP contribution < -0.4 is 10.1 Å². The molecule has 0 saturated carbocycles. The number of carbonyl (C=O) groups excluding carboxylic acids is 1. The third-order valence-electron chi connectivity index (χ3n) is 5.30. The molecule has 1 saturated heterocycles. The minimum Gasteiger partial charge on any atom is -0.493 e. The van der Waals surface area contributed by atoms with Crippen molar-refractivity contribution in [3.8, 4) is 5.75 Å². The maximum Gasteiger partial charge on any atom is 0.255 e. The van der Waals surface area contributed by atoms with Gasteiger partial charge in [-0.25, -0.2) is 0 Å². The lowest BCUT2D eigenvalue weighted by molar-refractivity contribution is 0.0930. The first-order chi connectivity index (χ1) is 13.8. The molecule has 1 aromatic heterocycles. The second-order valence-corrected chi connectivity index (χ2v) is 8.37. The largest absolute Gasteiger partial charge is 0.493 e. The number of hydrogen-bond donors (Lipinski definition) is 1. The quantitative estimate of drug-likeness (QED) is 0.583. The van der Waals surface area contributed by atoms with Crippen LogP contribution in [-0.4, -0.2) is 37.0 Å². The number of para-hydroxylation sites is 1. The number of ether oxygens (including phenoxy) is 1. The van der Waals surface area contributed by atoms with E-state index in [4.69, 9.17) is 4.74 Å². The first-order valence-electron chi connectivity index (χ1n) is 10.6. The number of rotatable bonds is 9. The minimum atomic E-state index is -0.0523. The molecule has 1 N–H and O–H groups in total. The number of benzene rings is 1. The van der Waals surface area contributed by atoms with E-state index < -0.39 is 0 Å². The maximum absolute atomic E-state index is 12.9. The van der Waals surface area contributed by atoms with Gasteiger partial charge >= 0.3 is 0 Å². The van der Waals surface area contributed by atoms with Gasteiger partial charge < -0.3 is 10.1 Å². The standard InChI is InChI=1S/C23H32N2O2S/c1-2-3-16-27-21-12-7-6-11-19(21)23(26)24-18-20(22-13-10-17-28-22)25-14-8-4-5-9-15-25/h6-7,10-13,17,20H,2-5,8-9,14-16,18H2,1H3,(H,24,26)/t20-/m0/s1. The summed E-state index contributed by atoms with van der Waals surface area (Å²) in [5.41, 5.74) is 0.624. The smallest absolute Gasteiger partial charge is 0.255 e. The molecule has 1 aliphatic heterocycles. The Bertz CT molecular complexity index is 709. The topological polar surface area (TPSA) is 41.6 Å². The summed E-state index contributed by atoms with van der Waals surface area (Å²) in [7, 11) is 0. The third-order valence-corrected chi connectivity index (χ3v) is 6.27. The molecule has 0 bridgehead atoms. The van der Waals surface area contributed by atoms with E-state index in [0.29, 0.717) is 24.5 Å². The molecular weight excluding hydrogens is 368 g/mol. The Kier molecular flexibility index (Phi) is 8.37. The summed E-state index contributed by atoms with van der Waals surface area (Å²) in [5, 5.41) is 5.31. The molecule has 1 amide bonds. The summed E-state index contributed by atoms with van der Waals surface area (Å²) in [6, 6.07) is 12.1. The normalized spacial score (nSPS) is 16.3. The molecule has 0 spiro atoms. The van der Waals surface area contributed by atoms with Crippen LogP contribution in [0.1, 0.15) is 66.7 Å². The van der Waals surface area contributed by atoms with Crippen LogP contribution in [0.5, 0.6) is 5.75 Å². The highest BCUT2D eigenvalue weighted by Gasteiger charge is 2.23. The van der Waals surface area contributed by atoms with Gasteiger partial charge in [-0.2, -0.15) is 0 Å². The number of likely N-dealkylation sites (tertiary alicyclic amines) is 1. The summed E-state index contributed by atoms with van der Waals surface area (Å²) in [4.78, 5) is 16.8. The Morgan fingerprint density at radius 2 is 1.93 bits per heavy atom. The van der Waals surface area contributed by atoms with Gasteiger partial charge in [0.25, 0.3) is 5.91 Å². The van der Waals surface area contributed by atoms with E-state index in [2.05, 4.69) is 34.7 Å². The molecule has 28 heavy (non-hydrogen) atoms. The summed E-state index contributed by atoms with van der Waals surface area (Å²) in [5.74, 6) is 0.624. The highest BCUT2D eigenvalue weighted by molar-refractivity contribution is 7.10. The van der Waals surface area contributed by atoms with Crippen LogP contribution in [0.4, 0.5) is 0 Å². The van der Waals surface area contributed by atoms with E-state index in [1.54, 1.807) is 11.3 Å². The first kappa shape index (κ1) is 20.9. The second-order valence-electron chi connectivity index (χ2n) is 7.39. The highest BCUT2D eigenvalue weighted by Crippen LogP contribution is 2.27. The maximum atomic E-state index is 12.9. The van der Waals surface area contributed by atoms with Crippen molar-refractivity contribution < 1.29 is 9.53 Å². The van der Waals surface area contributed by atoms with E-state index in [9.17, 15) is 4.79 Å². The van der Waals surface area contributed by atoms with Gasteiger partial charge in [-0.15, -0.1) is 11.3 Å². The van der Waals surface area contributed by atoms with Crippen LogP contribution in [0.15, 0.2) is 41.8 Å². The Labute approximate surface area is 172 Å². The van der Waals surface area contributed by atoms with Crippen LogP contribution in [0.25, 0.3) is 0 Å². The molecule has 1 atom stereocenters. The van der Waals surface area contributed by atoms with Crippen molar-refractivity contribution in [2.45, 2.75) is 51.5 Å². The first-order valence-corrected chi connectivity index (χ1v) is 11.4. The zero-order valence-corrected chi connectivity index (χ0v) is 17.7. The Morgan fingerprint density at radius 3 is 2.64 bits per heavy atom. The van der Waals surface area contributed by atoms with E-state index in [0.717, 1.165) is 25.9 Å². The summed E-state index contributed by atoms with van der Waals surface area (Å²) >= 11 is 1.78. The number of unbranched alkanes of at least 4 members (excludes halogenated alkanes) is 1. The molecule has 2 aromatic rings. The lowest BCUT2D eigenvalue weighted by atomic mass is 10.1. The van der Waals surface area contributed by atoms with Crippen molar-refractivity contribution in [2.24, 2.45) is 0 Å². The van der Waals surface area contributed by atoms with Crippen LogP contribution >= 0.6 is 11.3 Å². The monoisotopic (exact) mass is 400 g/mol. The molecular formula is C23H32N2O2S. The van der Waals surface area contributed by atoms with Gasteiger partial charge in [-0.05, 0) is 55.9 Å². The number of carbonyl (C=O) groups is 1. The molecule has 152 valence electrons. The number of thiophene rings is 1. The molecule has 0 radical (unpaired) electrons. The zero-order valence-electron chi connectivity index (χ0n) is 16.9. The zero-order chi connectivity index (χ0) is 19.6. The number of amides is 1. The van der Waals surface area contributed by atoms with Crippen LogP contribution in [-0.2, 0) is 0 Å². The molecule has 1 aliphatic rings. The second kappa shape index (κ2) is 11.2. The molecule has 3 rings (SSSR count). The molecule has 1 fully saturated rings. The predicted molar refractivity (Wildman–Crippen MR) is 116 cm³/mol. The minimum absolute atomic E-state index is 0.0523. The van der Waals surface area contributed by atoms with E-state index in [-0.39, 0.29) is 11.9 Å². The van der Waals surface area contributed by atoms with Gasteiger partial charge in [0.1, 0.15) is 5.75 Å². The van der Waals surface area contributed by atoms with E-state index in [1.807, 2.05) is 24.3 Å². The number of hydrogen-bond acceptors (Lipinski definition) is 4. The Morgan fingerprint density at radius 1 is 1.14 bits per heavy atom. The molecule has 5 heteroatoms. The molecule has 1 aromatic carbocycles. The van der Waals surface area contributed by atoms with Crippen molar-refractivity contribution in [2.75, 3.05) is 26.2 Å². The van der Waals surface area contributed by atoms with E-state index >= 15 is 0 Å². The summed E-state index contributed by atoms with van der Waals surface area (Å²) < 4.78 is 5.84. The lowest BCUT2D eigenvalue weighted by Crippen LogP contribution is -2.38. The van der Waals surface area contributed by atoms with Crippen molar-refractivity contribution in [3.63, 3.8) is 0 Å². The van der Waals surface area contributed by atoms with Crippen molar-refractivity contribution in [3.05, 3.63) is 52.2 Å². The number of nitrogens with zero attached hydrogens (tertiary/aromatic N) is 1. The average Bonchev–Trinajstić information content (AvgIpc) is 3.11. The van der Waals surface area contributed by atoms with Crippen molar-refractivity contribution in [1.82, 2.24) is 10.2 Å². The lowest BCUT2D eigenvalue weighted by Gasteiger charge is -2.30. The van der Waals surface area contributed by atoms with Gasteiger partial charge in [0.15, 0.2) is 0 Å². The van der Waals surface area contributed by atoms with Crippen molar-refractivity contribution in [1.29, 1.82) is 0 Å². The van der Waals surface area contributed by atoms with Gasteiger partial charge in [-0.1, -0.05) is 44.4 Å². The third kappa shape index (κ3) is 5.82. The molecule has 0 unspecified atom stereocenters. The van der Waals surface area contributed by atoms with Crippen LogP contribution in [0, 0.1) is 0 Å². The summed E-state index contributed by atoms with van der Waals surface area (Å²) in [6.07, 6.45) is 7.16. The number of nitrogens with one attached hydrogen (secondary N) is 1. The van der Waals surface area contributed by atoms with Gasteiger partial charge in [-0.3, -0.25) is 9.69 Å². The van der Waals surface area contributed by atoms with Crippen LogP contribution in [0.2, 0.25) is 0 Å². The van der Waals surface area contributed by atoms with Gasteiger partial charge in [0.2, 0.25) is 0 Å². The Balaban J connectivity index is 1.67. The fraction of sp³-hybridized carbons (Fsp3) is 0.522. The van der Waals surface area contributed by atoms with Crippen LogP contribution in [0.3, 0.4) is 0 Å². The van der Waals surface area contributed by atoms with Gasteiger partial charge in [0.05, 0.1) is 18.2 Å².